The first kappa shape index (κ1) is 25.2. The molecule has 0 bridgehead atoms. The van der Waals surface area contributed by atoms with Crippen molar-refractivity contribution in [2.45, 2.75) is 57.8 Å². The molecule has 0 atom stereocenters. The van der Waals surface area contributed by atoms with Crippen LogP contribution in [0.3, 0.4) is 0 Å². The number of carbonyl (C=O) groups excluding carboxylic acids is 1. The molecule has 1 N–H and O–H groups in total. The lowest BCUT2D eigenvalue weighted by Gasteiger charge is -2.25. The summed E-state index contributed by atoms with van der Waals surface area (Å²) in [7, 11) is -3.88. The van der Waals surface area contributed by atoms with Crippen molar-refractivity contribution in [3.8, 4) is 0 Å². The van der Waals surface area contributed by atoms with Gasteiger partial charge in [0, 0.05) is 6.54 Å². The molecule has 2 aromatic rings. The minimum absolute atomic E-state index is 0.181. The number of carbonyl (C=O) groups is 1. The molecule has 6 nitrogen and oxygen atoms in total. The van der Waals surface area contributed by atoms with E-state index in [1.807, 2.05) is 32.9 Å². The minimum Gasteiger partial charge on any atom is -0.354 e. The Morgan fingerprint density at radius 3 is 2.24 bits per heavy atom. The number of hydrogen-bond donors (Lipinski definition) is 1. The van der Waals surface area contributed by atoms with Crippen molar-refractivity contribution in [3.05, 3.63) is 59.2 Å². The van der Waals surface area contributed by atoms with Crippen LogP contribution in [-0.2, 0) is 14.8 Å². The Balaban J connectivity index is 1.69. The predicted molar refractivity (Wildman–Crippen MR) is 134 cm³/mol. The standard InChI is InChI=1S/C26H37N3O3S/c1-21-9-13-25(14-10-21)33(31,32)29(24-12-11-22(2)23(3)19-24)20-26(30)27-15-8-18-28-16-6-4-5-7-17-28/h9-14,19H,4-8,15-18,20H2,1-3H3,(H,27,30). The van der Waals surface area contributed by atoms with Crippen molar-refractivity contribution in [2.24, 2.45) is 0 Å². The van der Waals surface area contributed by atoms with E-state index in [2.05, 4.69) is 10.2 Å². The third-order valence-electron chi connectivity index (χ3n) is 6.35. The van der Waals surface area contributed by atoms with Gasteiger partial charge in [-0.15, -0.1) is 0 Å². The molecule has 3 rings (SSSR count). The number of nitrogens with one attached hydrogen (secondary N) is 1. The first-order valence-electron chi connectivity index (χ1n) is 11.9. The zero-order chi connectivity index (χ0) is 23.8. The Kier molecular flexibility index (Phi) is 8.92. The third-order valence-corrected chi connectivity index (χ3v) is 8.13. The lowest BCUT2D eigenvalue weighted by molar-refractivity contribution is -0.119. The number of amides is 1. The highest BCUT2D eigenvalue weighted by atomic mass is 32.2. The number of likely N-dealkylation sites (tertiary alicyclic amines) is 1. The van der Waals surface area contributed by atoms with Crippen LogP contribution in [0.25, 0.3) is 0 Å². The van der Waals surface area contributed by atoms with Crippen LogP contribution in [0.15, 0.2) is 47.4 Å². The number of nitrogens with zero attached hydrogens (tertiary/aromatic N) is 2. The Morgan fingerprint density at radius 2 is 1.61 bits per heavy atom. The van der Waals surface area contributed by atoms with Crippen molar-refractivity contribution in [2.75, 3.05) is 37.0 Å². The van der Waals surface area contributed by atoms with E-state index < -0.39 is 10.0 Å². The molecule has 0 spiro atoms. The van der Waals surface area contributed by atoms with Crippen LogP contribution < -0.4 is 9.62 Å². The van der Waals surface area contributed by atoms with Crippen molar-refractivity contribution in [3.63, 3.8) is 0 Å². The Bertz CT molecular complexity index is 1030. The summed E-state index contributed by atoms with van der Waals surface area (Å²) in [6, 6.07) is 12.2. The van der Waals surface area contributed by atoms with E-state index in [0.717, 1.165) is 42.7 Å². The molecule has 1 amide bonds. The maximum absolute atomic E-state index is 13.5. The maximum atomic E-state index is 13.5. The van der Waals surface area contributed by atoms with Gasteiger partial charge in [-0.2, -0.15) is 0 Å². The predicted octanol–water partition coefficient (Wildman–Crippen LogP) is 4.19. The average Bonchev–Trinajstić information content (AvgIpc) is 3.06. The molecule has 0 saturated carbocycles. The Hall–Kier alpha value is -2.38. The molecule has 0 aliphatic carbocycles. The van der Waals surface area contributed by atoms with Gasteiger partial charge in [-0.3, -0.25) is 9.10 Å². The number of rotatable bonds is 9. The van der Waals surface area contributed by atoms with Gasteiger partial charge in [-0.25, -0.2) is 8.42 Å². The van der Waals surface area contributed by atoms with E-state index in [0.29, 0.717) is 12.2 Å². The van der Waals surface area contributed by atoms with Crippen LogP contribution in [0.2, 0.25) is 0 Å². The monoisotopic (exact) mass is 471 g/mol. The Labute approximate surface area is 199 Å². The first-order chi connectivity index (χ1) is 15.8. The molecule has 1 aliphatic rings. The molecule has 1 aliphatic heterocycles. The summed E-state index contributed by atoms with van der Waals surface area (Å²) < 4.78 is 28.2. The molecule has 0 aromatic heterocycles. The SMILES string of the molecule is Cc1ccc(S(=O)(=O)N(CC(=O)NCCCN2CCCCCC2)c2ccc(C)c(C)c2)cc1. The molecule has 0 radical (unpaired) electrons. The molecule has 1 heterocycles. The van der Waals surface area contributed by atoms with Gasteiger partial charge in [0.25, 0.3) is 10.0 Å². The second-order valence-corrected chi connectivity index (χ2v) is 10.9. The van der Waals surface area contributed by atoms with Gasteiger partial charge in [0.2, 0.25) is 5.91 Å². The van der Waals surface area contributed by atoms with E-state index in [1.165, 1.54) is 30.0 Å². The largest absolute Gasteiger partial charge is 0.354 e. The van der Waals surface area contributed by atoms with Crippen molar-refractivity contribution >= 4 is 21.6 Å². The fourth-order valence-corrected chi connectivity index (χ4v) is 5.52. The fourth-order valence-electron chi connectivity index (χ4n) is 4.11. The molecular formula is C26H37N3O3S. The van der Waals surface area contributed by atoms with E-state index in [9.17, 15) is 13.2 Å². The molecule has 1 saturated heterocycles. The average molecular weight is 472 g/mol. The van der Waals surface area contributed by atoms with Crippen LogP contribution >= 0.6 is 0 Å². The van der Waals surface area contributed by atoms with Gasteiger partial charge in [-0.1, -0.05) is 36.6 Å². The fraction of sp³-hybridized carbons (Fsp3) is 0.500. The van der Waals surface area contributed by atoms with Crippen LogP contribution in [0, 0.1) is 20.8 Å². The summed E-state index contributed by atoms with van der Waals surface area (Å²) in [6.07, 6.45) is 5.95. The van der Waals surface area contributed by atoms with E-state index in [4.69, 9.17) is 0 Å². The maximum Gasteiger partial charge on any atom is 0.264 e. The lowest BCUT2D eigenvalue weighted by Crippen LogP contribution is -2.41. The van der Waals surface area contributed by atoms with E-state index >= 15 is 0 Å². The lowest BCUT2D eigenvalue weighted by atomic mass is 10.1. The smallest absolute Gasteiger partial charge is 0.264 e. The number of hydrogen-bond acceptors (Lipinski definition) is 4. The topological polar surface area (TPSA) is 69.7 Å². The van der Waals surface area contributed by atoms with Crippen LogP contribution in [0.1, 0.15) is 48.8 Å². The second kappa shape index (κ2) is 11.7. The molecular weight excluding hydrogens is 434 g/mol. The summed E-state index contributed by atoms with van der Waals surface area (Å²) in [5, 5.41) is 2.93. The summed E-state index contributed by atoms with van der Waals surface area (Å²) in [5.74, 6) is -0.292. The van der Waals surface area contributed by atoms with E-state index in [1.54, 1.807) is 30.3 Å². The number of aryl methyl sites for hydroxylation is 3. The van der Waals surface area contributed by atoms with E-state index in [-0.39, 0.29) is 17.3 Å². The normalized spacial score (nSPS) is 15.1. The second-order valence-electron chi connectivity index (χ2n) is 9.05. The van der Waals surface area contributed by atoms with Crippen LogP contribution in [-0.4, -0.2) is 51.9 Å². The zero-order valence-electron chi connectivity index (χ0n) is 20.1. The van der Waals surface area contributed by atoms with Crippen LogP contribution in [0.5, 0.6) is 0 Å². The Morgan fingerprint density at radius 1 is 0.939 bits per heavy atom. The number of sulfonamides is 1. The van der Waals surface area contributed by atoms with Crippen molar-refractivity contribution < 1.29 is 13.2 Å². The molecule has 180 valence electrons. The van der Waals surface area contributed by atoms with Crippen LogP contribution in [0.4, 0.5) is 5.69 Å². The van der Waals surface area contributed by atoms with Gasteiger partial charge in [-0.05, 0) is 95.1 Å². The van der Waals surface area contributed by atoms with Gasteiger partial charge >= 0.3 is 0 Å². The van der Waals surface area contributed by atoms with Gasteiger partial charge < -0.3 is 10.2 Å². The van der Waals surface area contributed by atoms with Gasteiger partial charge in [0.1, 0.15) is 6.54 Å². The highest BCUT2D eigenvalue weighted by molar-refractivity contribution is 7.92. The quantitative estimate of drug-likeness (QED) is 0.557. The summed E-state index contributed by atoms with van der Waals surface area (Å²) >= 11 is 0. The molecule has 1 fully saturated rings. The molecule has 7 heteroatoms. The first-order valence-corrected chi connectivity index (χ1v) is 13.4. The van der Waals surface area contributed by atoms with Crippen molar-refractivity contribution in [1.29, 1.82) is 0 Å². The highest BCUT2D eigenvalue weighted by Gasteiger charge is 2.27. The molecule has 33 heavy (non-hydrogen) atoms. The third kappa shape index (κ3) is 7.05. The minimum atomic E-state index is -3.88. The zero-order valence-corrected chi connectivity index (χ0v) is 21.0. The molecule has 2 aromatic carbocycles. The highest BCUT2D eigenvalue weighted by Crippen LogP contribution is 2.26. The summed E-state index contributed by atoms with van der Waals surface area (Å²) in [6.45, 7) is 9.35. The summed E-state index contributed by atoms with van der Waals surface area (Å²) in [5.41, 5.74) is 3.53. The number of benzene rings is 2. The number of anilines is 1. The van der Waals surface area contributed by atoms with Crippen molar-refractivity contribution in [1.82, 2.24) is 10.2 Å². The van der Waals surface area contributed by atoms with Gasteiger partial charge in [0.15, 0.2) is 0 Å². The summed E-state index contributed by atoms with van der Waals surface area (Å²) in [4.78, 5) is 15.4. The molecule has 0 unspecified atom stereocenters. The van der Waals surface area contributed by atoms with Gasteiger partial charge in [0.05, 0.1) is 10.6 Å².